The molecule has 0 aromatic heterocycles. The van der Waals surface area contributed by atoms with Crippen LogP contribution in [-0.2, 0) is 17.9 Å². The Morgan fingerprint density at radius 3 is 3.00 bits per heavy atom. The molecule has 0 aromatic carbocycles. The molecule has 1 N–H and O–H groups in total. The van der Waals surface area contributed by atoms with Gasteiger partial charge in [-0.1, -0.05) is 37.6 Å². The zero-order valence-electron chi connectivity index (χ0n) is 23.1. The highest BCUT2D eigenvalue weighted by atomic mass is 32.2. The molecular weight excluding hydrogens is 418 g/mol. The summed E-state index contributed by atoms with van der Waals surface area (Å²) in [6.45, 7) is 2.07. The van der Waals surface area contributed by atoms with Crippen LogP contribution in [0, 0.1) is 11.8 Å². The van der Waals surface area contributed by atoms with E-state index in [-0.39, 0.29) is 47.4 Å². The van der Waals surface area contributed by atoms with E-state index in [9.17, 15) is 4.79 Å². The smallest absolute Gasteiger partial charge is 0.305 e. The summed E-state index contributed by atoms with van der Waals surface area (Å²) in [5.74, 6) is -0.250. The second-order valence-corrected chi connectivity index (χ2v) is 8.73. The molecule has 1 aliphatic rings. The summed E-state index contributed by atoms with van der Waals surface area (Å²) in [6, 6.07) is 0. The molecule has 1 aliphatic carbocycles. The molecule has 5 nitrogen and oxygen atoms in total. The van der Waals surface area contributed by atoms with Crippen molar-refractivity contribution >= 4 is 45.6 Å². The van der Waals surface area contributed by atoms with Crippen molar-refractivity contribution in [2.24, 2.45) is 11.8 Å². The number of allylic oxidation sites excluding steroid dienone is 2. The highest BCUT2D eigenvalue weighted by Gasteiger charge is 2.41. The van der Waals surface area contributed by atoms with E-state index in [0.717, 1.165) is 43.3 Å². The summed E-state index contributed by atoms with van der Waals surface area (Å²) in [5.41, 5.74) is 0.517. The largest absolute Gasteiger partial charge is 0.469 e. The first kappa shape index (κ1) is 20.3. The summed E-state index contributed by atoms with van der Waals surface area (Å²) in [6.07, 6.45) is 12.3. The molecule has 0 heterocycles. The molecule has 9 heteroatoms. The topological polar surface area (TPSA) is 65.0 Å². The van der Waals surface area contributed by atoms with E-state index < -0.39 is 15.5 Å². The summed E-state index contributed by atoms with van der Waals surface area (Å²) in [4.78, 5) is 11.3. The van der Waals surface area contributed by atoms with Crippen molar-refractivity contribution in [2.45, 2.75) is 70.2 Å². The first-order chi connectivity index (χ1) is 16.8. The van der Waals surface area contributed by atoms with Crippen molar-refractivity contribution < 1.29 is 23.0 Å². The van der Waals surface area contributed by atoms with Crippen LogP contribution in [0.1, 0.15) is 51.9 Å². The van der Waals surface area contributed by atoms with Crippen molar-refractivity contribution in [3.05, 3.63) is 24.3 Å². The average molecular weight is 464 g/mol. The zero-order chi connectivity index (χ0) is 26.1. The van der Waals surface area contributed by atoms with Crippen LogP contribution in [0.15, 0.2) is 24.3 Å². The Labute approximate surface area is 200 Å². The number of carbonyl (C=O) groups is 1. The lowest BCUT2D eigenvalue weighted by molar-refractivity contribution is -0.140. The number of carbonyl (C=O) groups excluding carboxylic acids is 1. The Balaban J connectivity index is 2.87. The number of hydrogen-bond acceptors (Lipinski definition) is 7. The first-order valence-electron chi connectivity index (χ1n) is 13.3. The Kier molecular flexibility index (Phi) is 11.7. The van der Waals surface area contributed by atoms with E-state index in [1.54, 1.807) is 0 Å². The number of rotatable bonds is 19. The number of unbranched alkanes of at least 4 members (excludes halogenated alkanes) is 1. The molecule has 0 radical (unpaired) electrons. The van der Waals surface area contributed by atoms with E-state index in [2.05, 4.69) is 23.8 Å². The van der Waals surface area contributed by atoms with E-state index in [1.807, 2.05) is 12.2 Å². The maximum atomic E-state index is 11.3. The van der Waals surface area contributed by atoms with E-state index in [4.69, 9.17) is 20.2 Å². The van der Waals surface area contributed by atoms with Crippen molar-refractivity contribution in [3.63, 3.8) is 0 Å². The molecule has 0 unspecified atom stereocenters. The molecule has 0 aromatic rings. The Hall–Kier alpha value is -0.340. The van der Waals surface area contributed by atoms with Crippen molar-refractivity contribution in [1.82, 2.24) is 0 Å². The third kappa shape index (κ3) is 10.8. The second-order valence-electron chi connectivity index (χ2n) is 7.20. The Bertz CT molecular complexity index is 637. The van der Waals surface area contributed by atoms with Gasteiger partial charge in [-0.2, -0.15) is 0 Å². The van der Waals surface area contributed by atoms with Gasteiger partial charge >= 0.3 is 5.97 Å². The van der Waals surface area contributed by atoms with Gasteiger partial charge in [0.25, 0.3) is 0 Å². The van der Waals surface area contributed by atoms with Gasteiger partial charge in [-0.05, 0) is 72.3 Å². The summed E-state index contributed by atoms with van der Waals surface area (Å²) < 4.78 is 53.5. The van der Waals surface area contributed by atoms with Crippen LogP contribution in [-0.4, -0.2) is 70.1 Å². The molecule has 0 aliphatic heterocycles. The molecular formula is C21H38B2O5S2. The van der Waals surface area contributed by atoms with E-state index in [0.29, 0.717) is 25.7 Å². The van der Waals surface area contributed by atoms with Gasteiger partial charge in [-0.3, -0.25) is 4.79 Å². The fraction of sp³-hybridized carbons (Fsp3) is 0.762. The molecule has 0 amide bonds. The quantitative estimate of drug-likeness (QED) is 0.104. The lowest BCUT2D eigenvalue weighted by Crippen LogP contribution is -2.21. The fourth-order valence-electron chi connectivity index (χ4n) is 3.57. The molecule has 5 atom stereocenters. The average Bonchev–Trinajstić information content (AvgIpc) is 3.15. The summed E-state index contributed by atoms with van der Waals surface area (Å²) in [7, 11) is -0.527. The molecule has 30 heavy (non-hydrogen) atoms. The molecule has 0 spiro atoms. The number of ether oxygens (including phenoxy) is 1. The van der Waals surface area contributed by atoms with Gasteiger partial charge in [-0.25, -0.2) is 0 Å². The molecule has 1 fully saturated rings. The van der Waals surface area contributed by atoms with Crippen LogP contribution in [0.5, 0.6) is 0 Å². The van der Waals surface area contributed by atoms with Gasteiger partial charge in [0, 0.05) is 18.8 Å². The minimum Gasteiger partial charge on any atom is -0.469 e. The second kappa shape index (κ2) is 17.2. The Morgan fingerprint density at radius 2 is 2.27 bits per heavy atom. The van der Waals surface area contributed by atoms with Gasteiger partial charge in [0.1, 0.15) is 15.5 Å². The zero-order valence-corrected chi connectivity index (χ0v) is 19.7. The number of aliphatic hydroxyl groups excluding tert-OH is 1. The normalized spacial score (nSPS) is 27.3. The van der Waals surface area contributed by atoms with Gasteiger partial charge < -0.3 is 18.2 Å². The predicted octanol–water partition coefficient (Wildman–Crippen LogP) is 2.88. The van der Waals surface area contributed by atoms with Crippen LogP contribution < -0.4 is 0 Å². The fourth-order valence-corrected chi connectivity index (χ4v) is 4.44. The van der Waals surface area contributed by atoms with Gasteiger partial charge in [0.05, 0.1) is 25.4 Å². The van der Waals surface area contributed by atoms with Crippen LogP contribution in [0.2, 0.25) is 0 Å². The molecule has 170 valence electrons. The van der Waals surface area contributed by atoms with Crippen LogP contribution in [0.4, 0.5) is 0 Å². The monoisotopic (exact) mass is 464 g/mol. The molecule has 1 saturated carbocycles. The minimum absolute atomic E-state index is 0.00907. The maximum Gasteiger partial charge on any atom is 0.305 e. The highest BCUT2D eigenvalue weighted by Crippen LogP contribution is 2.39. The van der Waals surface area contributed by atoms with Gasteiger partial charge in [0.15, 0.2) is 0 Å². The Morgan fingerprint density at radius 1 is 1.43 bits per heavy atom. The van der Waals surface area contributed by atoms with E-state index >= 15 is 0 Å². The highest BCUT2D eigenvalue weighted by molar-refractivity contribution is 7.95. The molecule has 0 bridgehead atoms. The summed E-state index contributed by atoms with van der Waals surface area (Å²) >= 11 is 2.25. The first-order valence-corrected chi connectivity index (χ1v) is 12.4. The minimum atomic E-state index is -0.973. The van der Waals surface area contributed by atoms with Crippen LogP contribution in [0.3, 0.4) is 0 Å². The third-order valence-electron chi connectivity index (χ3n) is 5.06. The van der Waals surface area contributed by atoms with Crippen LogP contribution >= 0.6 is 24.1 Å². The van der Waals surface area contributed by atoms with Gasteiger partial charge in [-0.15, -0.1) is 0 Å². The molecule has 1 rings (SSSR count). The van der Waals surface area contributed by atoms with Crippen molar-refractivity contribution in [1.29, 1.82) is 6.77 Å². The SMILES string of the molecule is [2H]B([3H])CSO[C@H](/C=C/[C@@H]1[C@@H](C/C=C\CCCC(=O)OC)[C@@H](O[3H])C[C@H]1OSCB([2H])[3H])CCC. The van der Waals surface area contributed by atoms with Crippen LogP contribution in [0.25, 0.3) is 0 Å². The number of esters is 1. The number of aliphatic hydroxyl groups is 1. The van der Waals surface area contributed by atoms with Crippen molar-refractivity contribution in [2.75, 3.05) is 18.4 Å². The standard InChI is InChI=1S/C21H38B2O5S2/c1-3-8-16(27-29-14-22)11-12-18-17(19(24)13-20(18)28-30-15-23)9-6-4-5-7-10-21(25)26-2/h4,6,11-12,16-20,24H,3,5,7-10,13-15,22-23H2,1-2H3/b6-4-,12-11+/t16-,17+,18+,19-,20+/m0/s1/i22TD,23TD,24T. The lowest BCUT2D eigenvalue weighted by atomic mass is 9.89. The lowest BCUT2D eigenvalue weighted by Gasteiger charge is -2.22. The van der Waals surface area contributed by atoms with E-state index in [1.165, 1.54) is 7.11 Å². The third-order valence-corrected chi connectivity index (χ3v) is 6.10. The number of methoxy groups -OCH3 is 1. The maximum absolute atomic E-state index is 11.3. The van der Waals surface area contributed by atoms with Gasteiger partial charge in [0.2, 0.25) is 1.43 Å². The number of hydrogen-bond donors (Lipinski definition) is 1. The molecule has 0 saturated heterocycles. The van der Waals surface area contributed by atoms with Crippen molar-refractivity contribution in [3.8, 4) is 0 Å². The summed E-state index contributed by atoms with van der Waals surface area (Å²) in [5, 5.41) is 5.06. The predicted molar refractivity (Wildman–Crippen MR) is 133 cm³/mol.